The fourth-order valence-corrected chi connectivity index (χ4v) is 4.64. The van der Waals surface area contributed by atoms with Crippen LogP contribution in [0.25, 0.3) is 0 Å². The predicted molar refractivity (Wildman–Crippen MR) is 120 cm³/mol. The highest BCUT2D eigenvalue weighted by molar-refractivity contribution is 7.10. The van der Waals surface area contributed by atoms with Gasteiger partial charge < -0.3 is 19.5 Å². The standard InChI is InChI=1S/C23H26N2O5S/c1-5-20(26)25(16-13-17(28-2)22(30-4)18(14-16)29-3)21(19-11-8-12-31-19)23(27)24-15-9-6-7-10-15/h1,8,11-15,21H,6-7,9-10H2,2-4H3,(H,24,27). The van der Waals surface area contributed by atoms with Gasteiger partial charge in [0.2, 0.25) is 11.7 Å². The minimum Gasteiger partial charge on any atom is -0.493 e. The Bertz CT molecular complexity index is 936. The highest BCUT2D eigenvalue weighted by Crippen LogP contribution is 2.43. The molecule has 164 valence electrons. The molecule has 3 rings (SSSR count). The van der Waals surface area contributed by atoms with E-state index in [1.165, 1.54) is 37.6 Å². The first-order valence-electron chi connectivity index (χ1n) is 9.97. The van der Waals surface area contributed by atoms with Gasteiger partial charge in [0, 0.05) is 23.1 Å². The van der Waals surface area contributed by atoms with Crippen LogP contribution in [0.5, 0.6) is 17.2 Å². The summed E-state index contributed by atoms with van der Waals surface area (Å²) in [7, 11) is 4.46. The molecule has 1 unspecified atom stereocenters. The van der Waals surface area contributed by atoms with Gasteiger partial charge in [-0.05, 0) is 30.2 Å². The smallest absolute Gasteiger partial charge is 0.303 e. The van der Waals surface area contributed by atoms with Gasteiger partial charge in [-0.15, -0.1) is 17.8 Å². The number of carbonyl (C=O) groups is 2. The molecule has 0 spiro atoms. The molecule has 8 heteroatoms. The third kappa shape index (κ3) is 4.78. The Balaban J connectivity index is 2.11. The normalized spacial score (nSPS) is 14.4. The van der Waals surface area contributed by atoms with Crippen LogP contribution in [-0.2, 0) is 9.59 Å². The van der Waals surface area contributed by atoms with E-state index in [0.29, 0.717) is 27.8 Å². The topological polar surface area (TPSA) is 77.1 Å². The van der Waals surface area contributed by atoms with E-state index in [-0.39, 0.29) is 11.9 Å². The first-order chi connectivity index (χ1) is 15.0. The number of hydrogen-bond donors (Lipinski definition) is 1. The molecule has 1 aliphatic rings. The Labute approximate surface area is 186 Å². The zero-order valence-electron chi connectivity index (χ0n) is 17.8. The summed E-state index contributed by atoms with van der Waals surface area (Å²) < 4.78 is 16.2. The number of hydrogen-bond acceptors (Lipinski definition) is 6. The van der Waals surface area contributed by atoms with Gasteiger partial charge in [-0.2, -0.15) is 0 Å². The van der Waals surface area contributed by atoms with Gasteiger partial charge in [0.05, 0.1) is 27.0 Å². The third-order valence-corrected chi connectivity index (χ3v) is 6.22. The fraction of sp³-hybridized carbons (Fsp3) is 0.391. The maximum absolute atomic E-state index is 13.4. The number of nitrogens with one attached hydrogen (secondary N) is 1. The van der Waals surface area contributed by atoms with Crippen molar-refractivity contribution in [2.24, 2.45) is 0 Å². The van der Waals surface area contributed by atoms with Gasteiger partial charge in [-0.25, -0.2) is 0 Å². The van der Waals surface area contributed by atoms with Gasteiger partial charge in [0.25, 0.3) is 0 Å². The van der Waals surface area contributed by atoms with Crippen molar-refractivity contribution in [3.8, 4) is 29.6 Å². The SMILES string of the molecule is C#CC(=O)N(c1cc(OC)c(OC)c(OC)c1)C(C(=O)NC1CCCC1)c1cccs1. The van der Waals surface area contributed by atoms with Crippen LogP contribution >= 0.6 is 11.3 Å². The second-order valence-corrected chi connectivity index (χ2v) is 8.09. The zero-order valence-corrected chi connectivity index (χ0v) is 18.7. The van der Waals surface area contributed by atoms with Crippen LogP contribution < -0.4 is 24.4 Å². The molecule has 0 aliphatic heterocycles. The van der Waals surface area contributed by atoms with E-state index in [2.05, 4.69) is 11.2 Å². The molecular formula is C23H26N2O5S. The molecule has 1 aromatic heterocycles. The largest absolute Gasteiger partial charge is 0.493 e. The molecule has 7 nitrogen and oxygen atoms in total. The number of carbonyl (C=O) groups excluding carboxylic acids is 2. The number of methoxy groups -OCH3 is 3. The summed E-state index contributed by atoms with van der Waals surface area (Å²) in [6.07, 6.45) is 9.51. The van der Waals surface area contributed by atoms with Crippen LogP contribution in [0.3, 0.4) is 0 Å². The Morgan fingerprint density at radius 3 is 2.29 bits per heavy atom. The molecule has 1 saturated carbocycles. The van der Waals surface area contributed by atoms with Crippen LogP contribution in [-0.4, -0.2) is 39.2 Å². The number of terminal acetylenes is 1. The molecule has 2 amide bonds. The Kier molecular flexibility index (Phi) is 7.42. The molecule has 1 aromatic carbocycles. The molecule has 0 bridgehead atoms. The summed E-state index contributed by atoms with van der Waals surface area (Å²) in [6.45, 7) is 0. The molecular weight excluding hydrogens is 416 g/mol. The second kappa shape index (κ2) is 10.2. The van der Waals surface area contributed by atoms with Crippen molar-refractivity contribution < 1.29 is 23.8 Å². The van der Waals surface area contributed by atoms with E-state index in [0.717, 1.165) is 25.7 Å². The van der Waals surface area contributed by atoms with Crippen LogP contribution in [0, 0.1) is 12.3 Å². The first kappa shape index (κ1) is 22.5. The van der Waals surface area contributed by atoms with Crippen molar-refractivity contribution in [3.63, 3.8) is 0 Å². The molecule has 1 atom stereocenters. The number of amides is 2. The zero-order chi connectivity index (χ0) is 22.4. The van der Waals surface area contributed by atoms with Gasteiger partial charge in [0.15, 0.2) is 17.5 Å². The van der Waals surface area contributed by atoms with E-state index >= 15 is 0 Å². The van der Waals surface area contributed by atoms with E-state index in [9.17, 15) is 9.59 Å². The molecule has 0 radical (unpaired) electrons. The summed E-state index contributed by atoms with van der Waals surface area (Å²) in [5.74, 6) is 2.33. The summed E-state index contributed by atoms with van der Waals surface area (Å²) >= 11 is 1.39. The lowest BCUT2D eigenvalue weighted by Crippen LogP contribution is -2.45. The number of rotatable bonds is 8. The van der Waals surface area contributed by atoms with Gasteiger partial charge in [-0.1, -0.05) is 18.9 Å². The molecule has 1 fully saturated rings. The summed E-state index contributed by atoms with van der Waals surface area (Å²) in [4.78, 5) is 28.4. The molecule has 0 saturated heterocycles. The quantitative estimate of drug-likeness (QED) is 0.633. The number of thiophene rings is 1. The number of anilines is 1. The minimum atomic E-state index is -0.924. The van der Waals surface area contributed by atoms with Crippen LogP contribution in [0.2, 0.25) is 0 Å². The van der Waals surface area contributed by atoms with Crippen molar-refractivity contribution in [1.29, 1.82) is 0 Å². The number of benzene rings is 1. The number of ether oxygens (including phenoxy) is 3. The van der Waals surface area contributed by atoms with Gasteiger partial charge in [-0.3, -0.25) is 14.5 Å². The van der Waals surface area contributed by atoms with Crippen molar-refractivity contribution in [3.05, 3.63) is 34.5 Å². The number of nitrogens with zero attached hydrogens (tertiary/aromatic N) is 1. The van der Waals surface area contributed by atoms with E-state index in [1.807, 2.05) is 17.5 Å². The van der Waals surface area contributed by atoms with Crippen LogP contribution in [0.1, 0.15) is 36.6 Å². The van der Waals surface area contributed by atoms with E-state index in [4.69, 9.17) is 20.6 Å². The molecule has 1 N–H and O–H groups in total. The molecule has 1 heterocycles. The predicted octanol–water partition coefficient (Wildman–Crippen LogP) is 3.54. The highest BCUT2D eigenvalue weighted by atomic mass is 32.1. The first-order valence-corrected chi connectivity index (χ1v) is 10.9. The van der Waals surface area contributed by atoms with Crippen molar-refractivity contribution in [2.45, 2.75) is 37.8 Å². The van der Waals surface area contributed by atoms with E-state index < -0.39 is 11.9 Å². The van der Waals surface area contributed by atoms with Gasteiger partial charge >= 0.3 is 5.91 Å². The Morgan fingerprint density at radius 2 is 1.81 bits per heavy atom. The van der Waals surface area contributed by atoms with Crippen molar-refractivity contribution in [2.75, 3.05) is 26.2 Å². The third-order valence-electron chi connectivity index (χ3n) is 5.29. The monoisotopic (exact) mass is 442 g/mol. The van der Waals surface area contributed by atoms with Crippen molar-refractivity contribution in [1.82, 2.24) is 5.32 Å². The average Bonchev–Trinajstić information content (AvgIpc) is 3.50. The maximum atomic E-state index is 13.4. The molecule has 31 heavy (non-hydrogen) atoms. The lowest BCUT2D eigenvalue weighted by Gasteiger charge is -2.30. The summed E-state index contributed by atoms with van der Waals surface area (Å²) in [6, 6.07) is 6.05. The Hall–Kier alpha value is -3.18. The summed E-state index contributed by atoms with van der Waals surface area (Å²) in [5.41, 5.74) is 0.373. The van der Waals surface area contributed by atoms with E-state index in [1.54, 1.807) is 12.1 Å². The highest BCUT2D eigenvalue weighted by Gasteiger charge is 2.35. The minimum absolute atomic E-state index is 0.0951. The molecule has 2 aromatic rings. The van der Waals surface area contributed by atoms with Crippen LogP contribution in [0.15, 0.2) is 29.6 Å². The Morgan fingerprint density at radius 1 is 1.16 bits per heavy atom. The lowest BCUT2D eigenvalue weighted by molar-refractivity contribution is -0.125. The average molecular weight is 443 g/mol. The lowest BCUT2D eigenvalue weighted by atomic mass is 10.1. The van der Waals surface area contributed by atoms with Crippen LogP contribution in [0.4, 0.5) is 5.69 Å². The maximum Gasteiger partial charge on any atom is 0.303 e. The molecule has 1 aliphatic carbocycles. The summed E-state index contributed by atoms with van der Waals surface area (Å²) in [5, 5.41) is 4.95. The van der Waals surface area contributed by atoms with Crippen molar-refractivity contribution >= 4 is 28.8 Å². The van der Waals surface area contributed by atoms with Gasteiger partial charge in [0.1, 0.15) is 0 Å². The fourth-order valence-electron chi connectivity index (χ4n) is 3.83. The second-order valence-electron chi connectivity index (χ2n) is 7.11.